The van der Waals surface area contributed by atoms with E-state index in [4.69, 9.17) is 11.6 Å². The lowest BCUT2D eigenvalue weighted by Gasteiger charge is -2.16. The summed E-state index contributed by atoms with van der Waals surface area (Å²) in [7, 11) is 2.07. The molecular weight excluding hydrogens is 198 g/mol. The molecular formula is C10H18ClN3. The number of hydrogen-bond acceptors (Lipinski definition) is 2. The minimum Gasteiger partial charge on any atom is -0.301 e. The Labute approximate surface area is 90.7 Å². The molecule has 0 aliphatic heterocycles. The molecule has 1 aromatic heterocycles. The fraction of sp³-hybridized carbons (Fsp3) is 0.700. The van der Waals surface area contributed by atoms with Gasteiger partial charge in [0.1, 0.15) is 0 Å². The molecule has 0 aliphatic rings. The van der Waals surface area contributed by atoms with Crippen LogP contribution in [0, 0.1) is 0 Å². The molecule has 1 atom stereocenters. The second kappa shape index (κ2) is 5.37. The van der Waals surface area contributed by atoms with Crippen LogP contribution < -0.4 is 0 Å². The molecule has 1 aromatic rings. The standard InChI is InChI=1S/C10H18ClN3/c1-4-14-8-10(5-12-14)7-13(3)6-9(2)11/h5,8-9H,4,6-7H2,1-3H3. The highest BCUT2D eigenvalue weighted by Gasteiger charge is 2.05. The Balaban J connectivity index is 2.43. The lowest BCUT2D eigenvalue weighted by molar-refractivity contribution is 0.330. The van der Waals surface area contributed by atoms with Gasteiger partial charge in [0, 0.05) is 36.8 Å². The number of alkyl halides is 1. The molecule has 4 heteroatoms. The third kappa shape index (κ3) is 3.68. The Morgan fingerprint density at radius 3 is 2.86 bits per heavy atom. The normalized spacial score (nSPS) is 13.5. The Morgan fingerprint density at radius 2 is 2.36 bits per heavy atom. The van der Waals surface area contributed by atoms with E-state index >= 15 is 0 Å². The first-order chi connectivity index (χ1) is 6.61. The summed E-state index contributed by atoms with van der Waals surface area (Å²) >= 11 is 5.91. The fourth-order valence-corrected chi connectivity index (χ4v) is 1.70. The molecule has 0 amide bonds. The summed E-state index contributed by atoms with van der Waals surface area (Å²) in [5.74, 6) is 0. The number of aryl methyl sites for hydroxylation is 1. The second-order valence-corrected chi connectivity index (χ2v) is 4.43. The van der Waals surface area contributed by atoms with Gasteiger partial charge in [-0.3, -0.25) is 4.68 Å². The first-order valence-electron chi connectivity index (χ1n) is 4.95. The maximum Gasteiger partial charge on any atom is 0.0534 e. The van der Waals surface area contributed by atoms with Gasteiger partial charge in [0.2, 0.25) is 0 Å². The van der Waals surface area contributed by atoms with Crippen LogP contribution in [0.3, 0.4) is 0 Å². The molecule has 1 rings (SSSR count). The SMILES string of the molecule is CCn1cc(CN(C)CC(C)Cl)cn1. The molecule has 1 unspecified atom stereocenters. The fourth-order valence-electron chi connectivity index (χ4n) is 1.47. The Morgan fingerprint density at radius 1 is 1.64 bits per heavy atom. The highest BCUT2D eigenvalue weighted by Crippen LogP contribution is 2.04. The van der Waals surface area contributed by atoms with Gasteiger partial charge in [-0.05, 0) is 20.9 Å². The van der Waals surface area contributed by atoms with Crippen LogP contribution in [0.25, 0.3) is 0 Å². The minimum atomic E-state index is 0.196. The van der Waals surface area contributed by atoms with Crippen molar-refractivity contribution in [1.29, 1.82) is 0 Å². The van der Waals surface area contributed by atoms with Crippen LogP contribution in [0.5, 0.6) is 0 Å². The summed E-state index contributed by atoms with van der Waals surface area (Å²) in [6, 6.07) is 0. The second-order valence-electron chi connectivity index (χ2n) is 3.68. The van der Waals surface area contributed by atoms with Crippen molar-refractivity contribution in [3.05, 3.63) is 18.0 Å². The van der Waals surface area contributed by atoms with Gasteiger partial charge in [-0.15, -0.1) is 11.6 Å². The number of hydrogen-bond donors (Lipinski definition) is 0. The molecule has 0 saturated heterocycles. The van der Waals surface area contributed by atoms with Crippen LogP contribution in [0.15, 0.2) is 12.4 Å². The third-order valence-electron chi connectivity index (χ3n) is 2.03. The van der Waals surface area contributed by atoms with E-state index in [1.165, 1.54) is 5.56 Å². The zero-order valence-corrected chi connectivity index (χ0v) is 9.83. The lowest BCUT2D eigenvalue weighted by Crippen LogP contribution is -2.23. The van der Waals surface area contributed by atoms with E-state index in [0.717, 1.165) is 19.6 Å². The van der Waals surface area contributed by atoms with Crippen molar-refractivity contribution >= 4 is 11.6 Å². The van der Waals surface area contributed by atoms with Gasteiger partial charge in [-0.1, -0.05) is 0 Å². The van der Waals surface area contributed by atoms with Crippen LogP contribution in [0.1, 0.15) is 19.4 Å². The van der Waals surface area contributed by atoms with Gasteiger partial charge in [-0.2, -0.15) is 5.10 Å². The smallest absolute Gasteiger partial charge is 0.0534 e. The molecule has 0 bridgehead atoms. The van der Waals surface area contributed by atoms with Crippen molar-refractivity contribution < 1.29 is 0 Å². The lowest BCUT2D eigenvalue weighted by atomic mass is 10.3. The van der Waals surface area contributed by atoms with Crippen LogP contribution in [0.2, 0.25) is 0 Å². The summed E-state index contributed by atoms with van der Waals surface area (Å²) in [5.41, 5.74) is 1.24. The van der Waals surface area contributed by atoms with Gasteiger partial charge in [-0.25, -0.2) is 0 Å². The van der Waals surface area contributed by atoms with E-state index in [9.17, 15) is 0 Å². The van der Waals surface area contributed by atoms with E-state index in [1.54, 1.807) is 0 Å². The third-order valence-corrected chi connectivity index (χ3v) is 2.16. The van der Waals surface area contributed by atoms with Crippen molar-refractivity contribution in [2.24, 2.45) is 0 Å². The van der Waals surface area contributed by atoms with Gasteiger partial charge in [0.05, 0.1) is 6.20 Å². The molecule has 0 aromatic carbocycles. The Bertz CT molecular complexity index is 270. The quantitative estimate of drug-likeness (QED) is 0.701. The molecule has 0 N–H and O–H groups in total. The van der Waals surface area contributed by atoms with Crippen molar-refractivity contribution in [3.63, 3.8) is 0 Å². The monoisotopic (exact) mass is 215 g/mol. The Hall–Kier alpha value is -0.540. The zero-order valence-electron chi connectivity index (χ0n) is 9.07. The highest BCUT2D eigenvalue weighted by atomic mass is 35.5. The average Bonchev–Trinajstić information content (AvgIpc) is 2.50. The molecule has 1 heterocycles. The molecule has 0 aliphatic carbocycles. The van der Waals surface area contributed by atoms with E-state index in [-0.39, 0.29) is 5.38 Å². The number of rotatable bonds is 5. The summed E-state index contributed by atoms with van der Waals surface area (Å²) in [4.78, 5) is 2.20. The predicted octanol–water partition coefficient (Wildman–Crippen LogP) is 1.96. The maximum absolute atomic E-state index is 5.91. The average molecular weight is 216 g/mol. The van der Waals surface area contributed by atoms with Crippen LogP contribution in [-0.2, 0) is 13.1 Å². The first-order valence-corrected chi connectivity index (χ1v) is 5.39. The van der Waals surface area contributed by atoms with E-state index in [2.05, 4.69) is 30.2 Å². The van der Waals surface area contributed by atoms with E-state index < -0.39 is 0 Å². The van der Waals surface area contributed by atoms with Gasteiger partial charge >= 0.3 is 0 Å². The molecule has 0 saturated carbocycles. The number of aromatic nitrogens is 2. The topological polar surface area (TPSA) is 21.1 Å². The van der Waals surface area contributed by atoms with Crippen molar-refractivity contribution in [3.8, 4) is 0 Å². The van der Waals surface area contributed by atoms with Crippen LogP contribution in [0.4, 0.5) is 0 Å². The zero-order chi connectivity index (χ0) is 10.6. The van der Waals surface area contributed by atoms with Gasteiger partial charge in [0.15, 0.2) is 0 Å². The van der Waals surface area contributed by atoms with E-state index in [1.807, 2.05) is 17.8 Å². The molecule has 0 radical (unpaired) electrons. The summed E-state index contributed by atoms with van der Waals surface area (Å²) in [5, 5.41) is 4.42. The van der Waals surface area contributed by atoms with Crippen LogP contribution >= 0.6 is 11.6 Å². The van der Waals surface area contributed by atoms with Gasteiger partial charge < -0.3 is 4.90 Å². The molecule has 0 spiro atoms. The van der Waals surface area contributed by atoms with Crippen LogP contribution in [-0.4, -0.2) is 33.6 Å². The maximum atomic E-state index is 5.91. The summed E-state index contributed by atoms with van der Waals surface area (Å²) in [6.07, 6.45) is 3.99. The van der Waals surface area contributed by atoms with Gasteiger partial charge in [0.25, 0.3) is 0 Å². The van der Waals surface area contributed by atoms with Crippen molar-refractivity contribution in [2.45, 2.75) is 32.3 Å². The van der Waals surface area contributed by atoms with E-state index in [0.29, 0.717) is 0 Å². The first kappa shape index (κ1) is 11.5. The summed E-state index contributed by atoms with van der Waals surface area (Å²) in [6.45, 7) is 6.83. The number of nitrogens with zero attached hydrogens (tertiary/aromatic N) is 3. The Kier molecular flexibility index (Phi) is 4.42. The summed E-state index contributed by atoms with van der Waals surface area (Å²) < 4.78 is 1.94. The van der Waals surface area contributed by atoms with Crippen molar-refractivity contribution in [2.75, 3.05) is 13.6 Å². The molecule has 80 valence electrons. The predicted molar refractivity (Wildman–Crippen MR) is 59.6 cm³/mol. The number of halogens is 1. The molecule has 14 heavy (non-hydrogen) atoms. The van der Waals surface area contributed by atoms with Crippen molar-refractivity contribution in [1.82, 2.24) is 14.7 Å². The highest BCUT2D eigenvalue weighted by molar-refractivity contribution is 6.20. The molecule has 3 nitrogen and oxygen atoms in total. The molecule has 0 fully saturated rings. The minimum absolute atomic E-state index is 0.196. The largest absolute Gasteiger partial charge is 0.301 e.